The highest BCUT2D eigenvalue weighted by atomic mass is 14.9. The van der Waals surface area contributed by atoms with E-state index < -0.39 is 0 Å². The maximum absolute atomic E-state index is 3.84. The van der Waals surface area contributed by atoms with Gasteiger partial charge in [0.1, 0.15) is 0 Å². The fourth-order valence-corrected chi connectivity index (χ4v) is 4.72. The fourth-order valence-electron chi connectivity index (χ4n) is 4.72. The molecule has 1 N–H and O–H groups in total. The van der Waals surface area contributed by atoms with Crippen molar-refractivity contribution in [3.63, 3.8) is 0 Å². The molecule has 0 radical (unpaired) electrons. The molecule has 0 aromatic rings. The van der Waals surface area contributed by atoms with Gasteiger partial charge in [-0.1, -0.05) is 163 Å². The van der Waals surface area contributed by atoms with E-state index in [9.17, 15) is 0 Å². The minimum absolute atomic E-state index is 0.631. The third-order valence-electron chi connectivity index (χ3n) is 6.63. The first-order valence-electron chi connectivity index (χ1n) is 14.5. The molecule has 0 fully saturated rings. The summed E-state index contributed by atoms with van der Waals surface area (Å²) in [6.45, 7) is 9.23. The van der Waals surface area contributed by atoms with E-state index >= 15 is 0 Å². The smallest absolute Gasteiger partial charge is 0.00694 e. The molecule has 0 spiro atoms. The first-order chi connectivity index (χ1) is 14.7. The molecule has 30 heavy (non-hydrogen) atoms. The normalized spacial score (nSPS) is 12.7. The highest BCUT2D eigenvalue weighted by molar-refractivity contribution is 4.70. The van der Waals surface area contributed by atoms with Crippen molar-refractivity contribution in [3.8, 4) is 0 Å². The third kappa shape index (κ3) is 24.2. The second-order valence-electron chi connectivity index (χ2n) is 10.3. The molecule has 0 heterocycles. The van der Waals surface area contributed by atoms with Crippen molar-refractivity contribution in [2.45, 2.75) is 187 Å². The van der Waals surface area contributed by atoms with E-state index in [4.69, 9.17) is 0 Å². The lowest BCUT2D eigenvalue weighted by molar-refractivity contribution is 0.385. The van der Waals surface area contributed by atoms with E-state index in [1.54, 1.807) is 0 Å². The van der Waals surface area contributed by atoms with Crippen LogP contribution in [-0.2, 0) is 0 Å². The fraction of sp³-hybridized carbons (Fsp3) is 1.00. The second-order valence-corrected chi connectivity index (χ2v) is 10.3. The topological polar surface area (TPSA) is 12.0 Å². The molecule has 0 aliphatic heterocycles. The lowest BCUT2D eigenvalue weighted by atomic mass is 9.99. The molecular weight excluding hydrogens is 362 g/mol. The van der Waals surface area contributed by atoms with Crippen LogP contribution >= 0.6 is 0 Å². The zero-order valence-electron chi connectivity index (χ0n) is 21.9. The summed E-state index contributed by atoms with van der Waals surface area (Å²) in [6.07, 6.45) is 33.2. The predicted octanol–water partition coefficient (Wildman–Crippen LogP) is 10.4. The van der Waals surface area contributed by atoms with E-state index in [0.29, 0.717) is 6.04 Å². The van der Waals surface area contributed by atoms with Gasteiger partial charge < -0.3 is 5.32 Å². The molecule has 0 bridgehead atoms. The van der Waals surface area contributed by atoms with Crippen molar-refractivity contribution in [2.24, 2.45) is 0 Å². The Morgan fingerprint density at radius 1 is 0.400 bits per heavy atom. The average Bonchev–Trinajstić information content (AvgIpc) is 2.72. The van der Waals surface area contributed by atoms with E-state index in [1.165, 1.54) is 148 Å². The maximum atomic E-state index is 3.84. The Kier molecular flexibility index (Phi) is 25.2. The van der Waals surface area contributed by atoms with Crippen LogP contribution in [0.2, 0.25) is 0 Å². The summed E-state index contributed by atoms with van der Waals surface area (Å²) in [4.78, 5) is 0. The highest BCUT2D eigenvalue weighted by Gasteiger charge is 2.09. The summed E-state index contributed by atoms with van der Waals surface area (Å²) in [6, 6.07) is 1.39. The van der Waals surface area contributed by atoms with E-state index in [0.717, 1.165) is 6.04 Å². The SMILES string of the molecule is CCCCCCCCCCCCCCCCC(CCCCCCCCC)NC(C)C. The van der Waals surface area contributed by atoms with Crippen LogP contribution in [0, 0.1) is 0 Å². The minimum atomic E-state index is 0.631. The molecule has 0 rings (SSSR count). The Hall–Kier alpha value is -0.0400. The van der Waals surface area contributed by atoms with Crippen LogP contribution in [0.25, 0.3) is 0 Å². The molecule has 1 heteroatoms. The quantitative estimate of drug-likeness (QED) is 0.144. The van der Waals surface area contributed by atoms with Crippen LogP contribution in [0.15, 0.2) is 0 Å². The molecule has 0 aliphatic rings. The summed E-state index contributed by atoms with van der Waals surface area (Å²) < 4.78 is 0. The van der Waals surface area contributed by atoms with Crippen LogP contribution in [0.5, 0.6) is 0 Å². The molecule has 182 valence electrons. The summed E-state index contributed by atoms with van der Waals surface area (Å²) in [7, 11) is 0. The van der Waals surface area contributed by atoms with Gasteiger partial charge in [-0.3, -0.25) is 0 Å². The Labute approximate surface area is 193 Å². The van der Waals surface area contributed by atoms with Gasteiger partial charge in [-0.2, -0.15) is 0 Å². The Balaban J connectivity index is 3.48. The summed E-state index contributed by atoms with van der Waals surface area (Å²) >= 11 is 0. The molecule has 1 atom stereocenters. The first kappa shape index (κ1) is 30.0. The zero-order valence-corrected chi connectivity index (χ0v) is 21.9. The molecule has 1 unspecified atom stereocenters. The van der Waals surface area contributed by atoms with E-state index in [2.05, 4.69) is 33.0 Å². The highest BCUT2D eigenvalue weighted by Crippen LogP contribution is 2.16. The monoisotopic (exact) mass is 423 g/mol. The van der Waals surface area contributed by atoms with Gasteiger partial charge in [-0.15, -0.1) is 0 Å². The van der Waals surface area contributed by atoms with E-state index in [-0.39, 0.29) is 0 Å². The van der Waals surface area contributed by atoms with Crippen LogP contribution < -0.4 is 5.32 Å². The largest absolute Gasteiger partial charge is 0.312 e. The number of hydrogen-bond acceptors (Lipinski definition) is 1. The summed E-state index contributed by atoms with van der Waals surface area (Å²) in [5.41, 5.74) is 0. The average molecular weight is 424 g/mol. The number of unbranched alkanes of at least 4 members (excludes halogenated alkanes) is 19. The van der Waals surface area contributed by atoms with Gasteiger partial charge in [0.25, 0.3) is 0 Å². The van der Waals surface area contributed by atoms with Gasteiger partial charge in [-0.05, 0) is 12.8 Å². The lowest BCUT2D eigenvalue weighted by Gasteiger charge is -2.21. The summed E-state index contributed by atoms with van der Waals surface area (Å²) in [5, 5.41) is 3.84. The minimum Gasteiger partial charge on any atom is -0.312 e. The van der Waals surface area contributed by atoms with Gasteiger partial charge >= 0.3 is 0 Å². The molecule has 1 nitrogen and oxygen atoms in total. The van der Waals surface area contributed by atoms with Gasteiger partial charge in [0, 0.05) is 12.1 Å². The molecule has 0 saturated heterocycles. The van der Waals surface area contributed by atoms with Crippen molar-refractivity contribution in [3.05, 3.63) is 0 Å². The number of hydrogen-bond donors (Lipinski definition) is 1. The van der Waals surface area contributed by atoms with Gasteiger partial charge in [0.05, 0.1) is 0 Å². The Morgan fingerprint density at radius 3 is 0.933 bits per heavy atom. The van der Waals surface area contributed by atoms with Crippen molar-refractivity contribution < 1.29 is 0 Å². The van der Waals surface area contributed by atoms with Crippen molar-refractivity contribution in [1.29, 1.82) is 0 Å². The maximum Gasteiger partial charge on any atom is 0.00694 e. The van der Waals surface area contributed by atoms with Gasteiger partial charge in [-0.25, -0.2) is 0 Å². The van der Waals surface area contributed by atoms with Crippen LogP contribution in [0.1, 0.15) is 175 Å². The number of rotatable bonds is 25. The van der Waals surface area contributed by atoms with Crippen LogP contribution in [0.3, 0.4) is 0 Å². The lowest BCUT2D eigenvalue weighted by Crippen LogP contribution is -2.34. The molecule has 0 amide bonds. The van der Waals surface area contributed by atoms with Crippen molar-refractivity contribution >= 4 is 0 Å². The Bertz CT molecular complexity index is 299. The first-order valence-corrected chi connectivity index (χ1v) is 14.5. The predicted molar refractivity (Wildman–Crippen MR) is 140 cm³/mol. The molecule has 0 aromatic carbocycles. The van der Waals surface area contributed by atoms with Crippen molar-refractivity contribution in [2.75, 3.05) is 0 Å². The molecule has 0 aromatic heterocycles. The van der Waals surface area contributed by atoms with Gasteiger partial charge in [0.15, 0.2) is 0 Å². The molecular formula is C29H61N. The summed E-state index contributed by atoms with van der Waals surface area (Å²) in [5.74, 6) is 0. The van der Waals surface area contributed by atoms with Gasteiger partial charge in [0.2, 0.25) is 0 Å². The molecule has 0 aliphatic carbocycles. The van der Waals surface area contributed by atoms with Crippen molar-refractivity contribution in [1.82, 2.24) is 5.32 Å². The zero-order chi connectivity index (χ0) is 22.1. The third-order valence-corrected chi connectivity index (χ3v) is 6.63. The van der Waals surface area contributed by atoms with Crippen LogP contribution in [-0.4, -0.2) is 12.1 Å². The second kappa shape index (κ2) is 25.2. The number of nitrogens with one attached hydrogen (secondary N) is 1. The molecule has 0 saturated carbocycles. The van der Waals surface area contributed by atoms with Crippen LogP contribution in [0.4, 0.5) is 0 Å². The Morgan fingerprint density at radius 2 is 0.667 bits per heavy atom. The standard InChI is InChI=1S/C29H61N/c1-5-7-9-11-13-14-15-16-17-18-19-21-23-25-27-29(30-28(3)4)26-24-22-20-12-10-8-6-2/h28-30H,5-27H2,1-4H3. The van der Waals surface area contributed by atoms with E-state index in [1.807, 2.05) is 0 Å².